The van der Waals surface area contributed by atoms with Crippen LogP contribution in [0.4, 0.5) is 0 Å². The Morgan fingerprint density at radius 3 is 2.96 bits per heavy atom. The average Bonchev–Trinajstić information content (AvgIpc) is 3.19. The van der Waals surface area contributed by atoms with Gasteiger partial charge in [0.05, 0.1) is 6.54 Å². The molecule has 0 saturated carbocycles. The molecule has 1 aliphatic rings. The summed E-state index contributed by atoms with van der Waals surface area (Å²) in [7, 11) is 0. The van der Waals surface area contributed by atoms with Gasteiger partial charge in [-0.25, -0.2) is 0 Å². The first kappa shape index (κ1) is 16.5. The number of nitrogens with one attached hydrogen (secondary N) is 1. The van der Waals surface area contributed by atoms with E-state index < -0.39 is 0 Å². The number of amides is 1. The number of ether oxygens (including phenoxy) is 1. The van der Waals surface area contributed by atoms with Gasteiger partial charge >= 0.3 is 0 Å². The van der Waals surface area contributed by atoms with Crippen molar-refractivity contribution in [3.05, 3.63) is 41.5 Å². The van der Waals surface area contributed by atoms with E-state index >= 15 is 0 Å². The second-order valence-electron chi connectivity index (χ2n) is 6.41. The summed E-state index contributed by atoms with van der Waals surface area (Å²) in [6.45, 7) is 4.57. The highest BCUT2D eigenvalue weighted by Gasteiger charge is 2.22. The quantitative estimate of drug-likeness (QED) is 0.845. The fourth-order valence-corrected chi connectivity index (χ4v) is 2.69. The van der Waals surface area contributed by atoms with Gasteiger partial charge in [0.25, 0.3) is 0 Å². The van der Waals surface area contributed by atoms with Crippen molar-refractivity contribution in [2.45, 2.75) is 51.6 Å². The van der Waals surface area contributed by atoms with E-state index in [-0.39, 0.29) is 17.9 Å². The molecule has 1 amide bonds. The standard InChI is InChI=1S/C18H23N3O3/c1-12(2)18-20-17(24-21-18)9-5-8-16(22)19-11-14-10-13-6-3-4-7-15(13)23-14/h3-4,6-7,12,14H,5,8-11H2,1-2H3,(H,19,22)/t14-/m1/s1. The maximum absolute atomic E-state index is 11.9. The van der Waals surface area contributed by atoms with Gasteiger partial charge < -0.3 is 14.6 Å². The molecule has 2 heterocycles. The first-order chi connectivity index (χ1) is 11.6. The van der Waals surface area contributed by atoms with E-state index in [0.717, 1.165) is 12.2 Å². The Balaban J connectivity index is 1.35. The lowest BCUT2D eigenvalue weighted by Gasteiger charge is -2.11. The molecule has 0 bridgehead atoms. The van der Waals surface area contributed by atoms with Gasteiger partial charge in [-0.15, -0.1) is 0 Å². The molecule has 0 aliphatic carbocycles. The van der Waals surface area contributed by atoms with Gasteiger partial charge in [0, 0.05) is 25.2 Å². The summed E-state index contributed by atoms with van der Waals surface area (Å²) in [5.41, 5.74) is 1.20. The van der Waals surface area contributed by atoms with Crippen molar-refractivity contribution >= 4 is 5.91 Å². The molecule has 128 valence electrons. The maximum Gasteiger partial charge on any atom is 0.226 e. The van der Waals surface area contributed by atoms with E-state index in [9.17, 15) is 4.79 Å². The van der Waals surface area contributed by atoms with Gasteiger partial charge in [-0.2, -0.15) is 4.98 Å². The molecule has 0 spiro atoms. The molecule has 6 heteroatoms. The van der Waals surface area contributed by atoms with Crippen LogP contribution in [0.1, 0.15) is 49.9 Å². The third-order valence-corrected chi connectivity index (χ3v) is 4.04. The van der Waals surface area contributed by atoms with E-state index in [0.29, 0.717) is 37.5 Å². The highest BCUT2D eigenvalue weighted by Crippen LogP contribution is 2.27. The lowest BCUT2D eigenvalue weighted by molar-refractivity contribution is -0.121. The Hall–Kier alpha value is -2.37. The predicted molar refractivity (Wildman–Crippen MR) is 88.9 cm³/mol. The zero-order valence-corrected chi connectivity index (χ0v) is 14.1. The number of carbonyl (C=O) groups is 1. The summed E-state index contributed by atoms with van der Waals surface area (Å²) in [5.74, 6) is 2.52. The number of carbonyl (C=O) groups excluding carboxylic acids is 1. The van der Waals surface area contributed by atoms with Crippen molar-refractivity contribution in [1.29, 1.82) is 0 Å². The van der Waals surface area contributed by atoms with Gasteiger partial charge in [-0.1, -0.05) is 37.2 Å². The number of hydrogen-bond acceptors (Lipinski definition) is 5. The molecular formula is C18H23N3O3. The molecule has 3 rings (SSSR count). The first-order valence-corrected chi connectivity index (χ1v) is 8.45. The maximum atomic E-state index is 11.9. The summed E-state index contributed by atoms with van der Waals surface area (Å²) in [4.78, 5) is 16.3. The molecule has 1 atom stereocenters. The van der Waals surface area contributed by atoms with Gasteiger partial charge in [-0.3, -0.25) is 4.79 Å². The number of aryl methyl sites for hydroxylation is 1. The van der Waals surface area contributed by atoms with Crippen LogP contribution in [0.5, 0.6) is 5.75 Å². The molecule has 0 fully saturated rings. The normalized spacial score (nSPS) is 16.0. The van der Waals surface area contributed by atoms with E-state index in [2.05, 4.69) is 21.5 Å². The summed E-state index contributed by atoms with van der Waals surface area (Å²) in [5, 5.41) is 6.86. The molecular weight excluding hydrogens is 306 g/mol. The van der Waals surface area contributed by atoms with Crippen LogP contribution in [0.2, 0.25) is 0 Å². The van der Waals surface area contributed by atoms with Crippen molar-refractivity contribution in [3.8, 4) is 5.75 Å². The Labute approximate surface area is 141 Å². The van der Waals surface area contributed by atoms with Crippen molar-refractivity contribution in [1.82, 2.24) is 15.5 Å². The lowest BCUT2D eigenvalue weighted by atomic mass is 10.1. The average molecular weight is 329 g/mol. The minimum Gasteiger partial charge on any atom is -0.488 e. The monoisotopic (exact) mass is 329 g/mol. The third-order valence-electron chi connectivity index (χ3n) is 4.04. The first-order valence-electron chi connectivity index (χ1n) is 8.45. The number of fused-ring (bicyclic) bond motifs is 1. The van der Waals surface area contributed by atoms with Crippen LogP contribution in [-0.4, -0.2) is 28.7 Å². The zero-order valence-electron chi connectivity index (χ0n) is 14.1. The van der Waals surface area contributed by atoms with Gasteiger partial charge in [0.15, 0.2) is 5.82 Å². The second-order valence-corrected chi connectivity index (χ2v) is 6.41. The number of aromatic nitrogens is 2. The Morgan fingerprint density at radius 2 is 2.21 bits per heavy atom. The minimum absolute atomic E-state index is 0.0240. The minimum atomic E-state index is 0.0240. The Bertz CT molecular complexity index is 671. The molecule has 1 aromatic heterocycles. The summed E-state index contributed by atoms with van der Waals surface area (Å²) in [6, 6.07) is 7.99. The van der Waals surface area contributed by atoms with E-state index in [1.165, 1.54) is 5.56 Å². The SMILES string of the molecule is CC(C)c1noc(CCCC(=O)NC[C@H]2Cc3ccccc3O2)n1. The molecule has 24 heavy (non-hydrogen) atoms. The lowest BCUT2D eigenvalue weighted by Crippen LogP contribution is -2.34. The van der Waals surface area contributed by atoms with Crippen LogP contribution < -0.4 is 10.1 Å². The van der Waals surface area contributed by atoms with Crippen LogP contribution >= 0.6 is 0 Å². The molecule has 0 unspecified atom stereocenters. The molecule has 1 aromatic carbocycles. The summed E-state index contributed by atoms with van der Waals surface area (Å²) >= 11 is 0. The number of nitrogens with zero attached hydrogens (tertiary/aromatic N) is 2. The highest BCUT2D eigenvalue weighted by molar-refractivity contribution is 5.75. The van der Waals surface area contributed by atoms with Gasteiger partial charge in [0.1, 0.15) is 11.9 Å². The van der Waals surface area contributed by atoms with Crippen LogP contribution in [0, 0.1) is 0 Å². The van der Waals surface area contributed by atoms with Crippen LogP contribution in [0.25, 0.3) is 0 Å². The van der Waals surface area contributed by atoms with Crippen molar-refractivity contribution in [3.63, 3.8) is 0 Å². The Kier molecular flexibility index (Phi) is 5.13. The van der Waals surface area contributed by atoms with Crippen molar-refractivity contribution in [2.75, 3.05) is 6.54 Å². The highest BCUT2D eigenvalue weighted by atomic mass is 16.5. The smallest absolute Gasteiger partial charge is 0.226 e. The fourth-order valence-electron chi connectivity index (χ4n) is 2.69. The van der Waals surface area contributed by atoms with Crippen molar-refractivity contribution < 1.29 is 14.1 Å². The molecule has 2 aromatic rings. The molecule has 0 radical (unpaired) electrons. The predicted octanol–water partition coefficient (Wildman–Crippen LogP) is 2.64. The van der Waals surface area contributed by atoms with E-state index in [4.69, 9.17) is 9.26 Å². The molecule has 1 aliphatic heterocycles. The largest absolute Gasteiger partial charge is 0.488 e. The number of para-hydroxylation sites is 1. The fraction of sp³-hybridized carbons (Fsp3) is 0.500. The van der Waals surface area contributed by atoms with Crippen molar-refractivity contribution in [2.24, 2.45) is 0 Å². The van der Waals surface area contributed by atoms with Crippen LogP contribution in [0.3, 0.4) is 0 Å². The van der Waals surface area contributed by atoms with E-state index in [1.54, 1.807) is 0 Å². The second kappa shape index (κ2) is 7.47. The van der Waals surface area contributed by atoms with Crippen LogP contribution in [0.15, 0.2) is 28.8 Å². The molecule has 1 N–H and O–H groups in total. The van der Waals surface area contributed by atoms with Gasteiger partial charge in [0.2, 0.25) is 11.8 Å². The van der Waals surface area contributed by atoms with E-state index in [1.807, 2.05) is 32.0 Å². The molecule has 0 saturated heterocycles. The van der Waals surface area contributed by atoms with Gasteiger partial charge in [-0.05, 0) is 18.1 Å². The molecule has 6 nitrogen and oxygen atoms in total. The topological polar surface area (TPSA) is 77.2 Å². The number of rotatable bonds is 7. The Morgan fingerprint density at radius 1 is 1.38 bits per heavy atom. The summed E-state index contributed by atoms with van der Waals surface area (Å²) in [6.07, 6.45) is 2.63. The zero-order chi connectivity index (χ0) is 16.9. The number of benzene rings is 1. The summed E-state index contributed by atoms with van der Waals surface area (Å²) < 4.78 is 11.0. The number of hydrogen-bond donors (Lipinski definition) is 1. The third kappa shape index (κ3) is 4.13. The van der Waals surface area contributed by atoms with Crippen LogP contribution in [-0.2, 0) is 17.6 Å².